The summed E-state index contributed by atoms with van der Waals surface area (Å²) in [5.41, 5.74) is 0.933. The van der Waals surface area contributed by atoms with Crippen LogP contribution in [0.15, 0.2) is 30.3 Å². The average Bonchev–Trinajstić information content (AvgIpc) is 3.16. The number of alkyl carbamates (subject to hydrolysis) is 1. The highest BCUT2D eigenvalue weighted by molar-refractivity contribution is 9.09. The number of hydrogen-bond acceptors (Lipinski definition) is 3. The Labute approximate surface area is 138 Å². The number of amides is 1. The number of ether oxygens (including phenoxy) is 1. The number of carbonyl (C=O) groups excluding carboxylic acids is 2. The Bertz CT molecular complexity index is 538. The molecule has 22 heavy (non-hydrogen) atoms. The molecule has 2 aliphatic rings. The van der Waals surface area contributed by atoms with Crippen molar-refractivity contribution < 1.29 is 14.3 Å². The van der Waals surface area contributed by atoms with Crippen LogP contribution in [0.5, 0.6) is 0 Å². The Morgan fingerprint density at radius 3 is 2.50 bits per heavy atom. The van der Waals surface area contributed by atoms with Crippen molar-refractivity contribution in [3.63, 3.8) is 0 Å². The molecule has 0 unspecified atom stereocenters. The Balaban J connectivity index is 1.53. The van der Waals surface area contributed by atoms with Gasteiger partial charge in [0.2, 0.25) is 0 Å². The van der Waals surface area contributed by atoms with Crippen LogP contribution in [0.1, 0.15) is 24.8 Å². The van der Waals surface area contributed by atoms with Crippen molar-refractivity contribution in [2.75, 3.05) is 5.33 Å². The Kier molecular flexibility index (Phi) is 4.81. The van der Waals surface area contributed by atoms with E-state index in [1.165, 1.54) is 6.42 Å². The van der Waals surface area contributed by atoms with Gasteiger partial charge in [0.1, 0.15) is 6.61 Å². The molecule has 1 N–H and O–H groups in total. The number of benzene rings is 1. The third kappa shape index (κ3) is 3.69. The van der Waals surface area contributed by atoms with E-state index in [-0.39, 0.29) is 23.6 Å². The summed E-state index contributed by atoms with van der Waals surface area (Å²) >= 11 is 3.21. The summed E-state index contributed by atoms with van der Waals surface area (Å²) < 4.78 is 5.23. The number of Topliss-reactive ketones (excluding diaryl/α,β-unsaturated/α-hetero) is 1. The second-order valence-corrected chi connectivity index (χ2v) is 6.83. The van der Waals surface area contributed by atoms with Gasteiger partial charge in [-0.1, -0.05) is 46.3 Å². The van der Waals surface area contributed by atoms with E-state index in [1.54, 1.807) is 0 Å². The van der Waals surface area contributed by atoms with Gasteiger partial charge in [-0.2, -0.15) is 0 Å². The molecule has 2 fully saturated rings. The number of halogens is 1. The van der Waals surface area contributed by atoms with Crippen molar-refractivity contribution in [1.29, 1.82) is 0 Å². The number of rotatable bonds is 6. The van der Waals surface area contributed by atoms with Crippen molar-refractivity contribution in [1.82, 2.24) is 5.32 Å². The van der Waals surface area contributed by atoms with Crippen LogP contribution in [0.25, 0.3) is 0 Å². The minimum atomic E-state index is -0.510. The fourth-order valence-electron chi connectivity index (χ4n) is 3.47. The normalized spacial score (nSPS) is 24.4. The number of ketones is 1. The van der Waals surface area contributed by atoms with Crippen LogP contribution in [0.4, 0.5) is 4.79 Å². The maximum Gasteiger partial charge on any atom is 0.408 e. The molecule has 118 valence electrons. The first-order valence-corrected chi connectivity index (χ1v) is 8.85. The molecule has 5 heteroatoms. The summed E-state index contributed by atoms with van der Waals surface area (Å²) in [5.74, 6) is 1.84. The molecule has 1 aromatic rings. The summed E-state index contributed by atoms with van der Waals surface area (Å²) in [4.78, 5) is 24.1. The van der Waals surface area contributed by atoms with Crippen LogP contribution >= 0.6 is 15.9 Å². The Morgan fingerprint density at radius 1 is 1.18 bits per heavy atom. The van der Waals surface area contributed by atoms with E-state index in [2.05, 4.69) is 21.2 Å². The van der Waals surface area contributed by atoms with Crippen LogP contribution in [0, 0.1) is 17.8 Å². The second-order valence-electron chi connectivity index (χ2n) is 6.27. The number of nitrogens with one attached hydrogen (secondary N) is 1. The average molecular weight is 366 g/mol. The molecule has 0 aliphatic heterocycles. The van der Waals surface area contributed by atoms with Gasteiger partial charge in [0.25, 0.3) is 0 Å². The topological polar surface area (TPSA) is 55.4 Å². The van der Waals surface area contributed by atoms with E-state index in [1.807, 2.05) is 30.3 Å². The summed E-state index contributed by atoms with van der Waals surface area (Å²) in [6, 6.07) is 9.10. The third-order valence-corrected chi connectivity index (χ3v) is 5.27. The van der Waals surface area contributed by atoms with Crippen LogP contribution in [0.2, 0.25) is 0 Å². The molecule has 3 rings (SSSR count). The lowest BCUT2D eigenvalue weighted by Crippen LogP contribution is -2.46. The molecule has 0 aromatic heterocycles. The Hall–Kier alpha value is -1.36. The third-order valence-electron chi connectivity index (χ3n) is 4.72. The molecule has 0 bridgehead atoms. The summed E-state index contributed by atoms with van der Waals surface area (Å²) in [5, 5.41) is 3.05. The number of carbonyl (C=O) groups is 2. The van der Waals surface area contributed by atoms with E-state index >= 15 is 0 Å². The molecule has 0 heterocycles. The zero-order valence-electron chi connectivity index (χ0n) is 12.3. The number of fused-ring (bicyclic) bond motifs is 1. The quantitative estimate of drug-likeness (QED) is 0.786. The van der Waals surface area contributed by atoms with E-state index in [9.17, 15) is 9.59 Å². The summed E-state index contributed by atoms with van der Waals surface area (Å²) in [6.07, 6.45) is 2.88. The van der Waals surface area contributed by atoms with Gasteiger partial charge in [-0.25, -0.2) is 4.79 Å². The molecule has 0 spiro atoms. The van der Waals surface area contributed by atoms with E-state index < -0.39 is 12.1 Å². The molecule has 0 saturated heterocycles. The molecular formula is C17H20BrNO3. The molecule has 1 aromatic carbocycles. The lowest BCUT2D eigenvalue weighted by Gasteiger charge is -2.23. The van der Waals surface area contributed by atoms with Crippen molar-refractivity contribution in [2.24, 2.45) is 17.8 Å². The van der Waals surface area contributed by atoms with Gasteiger partial charge in [0.05, 0.1) is 11.4 Å². The predicted octanol–water partition coefficient (Wildman–Crippen LogP) is 3.29. The molecule has 0 radical (unpaired) electrons. The highest BCUT2D eigenvalue weighted by Crippen LogP contribution is 2.55. The minimum absolute atomic E-state index is 0.0305. The predicted molar refractivity (Wildman–Crippen MR) is 86.7 cm³/mol. The minimum Gasteiger partial charge on any atom is -0.445 e. The standard InChI is InChI=1S/C17H20BrNO3/c18-9-15(20)16(14-7-12-6-13(12)8-14)19-17(21)22-10-11-4-2-1-3-5-11/h1-5,12-14,16H,6-10H2,(H,19,21)/t12-,13-,16-/m1/s1. The smallest absolute Gasteiger partial charge is 0.408 e. The van der Waals surface area contributed by atoms with Gasteiger partial charge in [-0.05, 0) is 42.6 Å². The zero-order valence-corrected chi connectivity index (χ0v) is 13.9. The van der Waals surface area contributed by atoms with Crippen LogP contribution in [-0.2, 0) is 16.1 Å². The van der Waals surface area contributed by atoms with Crippen molar-refractivity contribution in [3.05, 3.63) is 35.9 Å². The van der Waals surface area contributed by atoms with Gasteiger partial charge in [0, 0.05) is 0 Å². The van der Waals surface area contributed by atoms with Crippen LogP contribution in [-0.4, -0.2) is 23.2 Å². The SMILES string of the molecule is O=C(N[C@@H](C(=O)CBr)C1C[C@H]2C[C@@H]2C1)OCc1ccccc1. The first-order valence-electron chi connectivity index (χ1n) is 7.73. The second kappa shape index (κ2) is 6.82. The molecule has 2 saturated carbocycles. The first kappa shape index (κ1) is 15.5. The van der Waals surface area contributed by atoms with Gasteiger partial charge in [-0.15, -0.1) is 0 Å². The molecule has 4 nitrogen and oxygen atoms in total. The lowest BCUT2D eigenvalue weighted by molar-refractivity contribution is -0.119. The maximum atomic E-state index is 12.1. The summed E-state index contributed by atoms with van der Waals surface area (Å²) in [6.45, 7) is 0.220. The van der Waals surface area contributed by atoms with Crippen LogP contribution < -0.4 is 5.32 Å². The van der Waals surface area contributed by atoms with E-state index in [0.717, 1.165) is 30.2 Å². The van der Waals surface area contributed by atoms with Crippen molar-refractivity contribution in [2.45, 2.75) is 31.9 Å². The first-order chi connectivity index (χ1) is 10.7. The highest BCUT2D eigenvalue weighted by atomic mass is 79.9. The number of alkyl halides is 1. The lowest BCUT2D eigenvalue weighted by atomic mass is 9.92. The van der Waals surface area contributed by atoms with Gasteiger partial charge in [-0.3, -0.25) is 4.79 Å². The number of hydrogen-bond donors (Lipinski definition) is 1. The molecule has 3 atom stereocenters. The zero-order chi connectivity index (χ0) is 15.5. The molecule has 1 amide bonds. The maximum absolute atomic E-state index is 12.1. The van der Waals surface area contributed by atoms with Gasteiger partial charge < -0.3 is 10.1 Å². The summed E-state index contributed by atoms with van der Waals surface area (Å²) in [7, 11) is 0. The van der Waals surface area contributed by atoms with Gasteiger partial charge >= 0.3 is 6.09 Å². The van der Waals surface area contributed by atoms with Crippen molar-refractivity contribution >= 4 is 27.8 Å². The fourth-order valence-corrected chi connectivity index (χ4v) is 3.82. The Morgan fingerprint density at radius 2 is 1.86 bits per heavy atom. The van der Waals surface area contributed by atoms with E-state index in [4.69, 9.17) is 4.74 Å². The van der Waals surface area contributed by atoms with E-state index in [0.29, 0.717) is 0 Å². The van der Waals surface area contributed by atoms with Crippen LogP contribution in [0.3, 0.4) is 0 Å². The van der Waals surface area contributed by atoms with Gasteiger partial charge in [0.15, 0.2) is 5.78 Å². The monoisotopic (exact) mass is 365 g/mol. The molecular weight excluding hydrogens is 346 g/mol. The highest BCUT2D eigenvalue weighted by Gasteiger charge is 2.49. The van der Waals surface area contributed by atoms with Crippen molar-refractivity contribution in [3.8, 4) is 0 Å². The molecule has 2 aliphatic carbocycles. The largest absolute Gasteiger partial charge is 0.445 e. The fraction of sp³-hybridized carbons (Fsp3) is 0.529.